The van der Waals surface area contributed by atoms with Crippen LogP contribution < -0.4 is 10.2 Å². The fourth-order valence-electron chi connectivity index (χ4n) is 2.27. The number of aromatic nitrogens is 4. The molecule has 0 aliphatic rings. The van der Waals surface area contributed by atoms with Gasteiger partial charge in [-0.25, -0.2) is 4.98 Å². The van der Waals surface area contributed by atoms with Crippen LogP contribution in [0.2, 0.25) is 0 Å². The fourth-order valence-corrected chi connectivity index (χ4v) is 2.27. The zero-order valence-corrected chi connectivity index (χ0v) is 13.3. The highest BCUT2D eigenvalue weighted by molar-refractivity contribution is 5.64. The van der Waals surface area contributed by atoms with Crippen molar-refractivity contribution in [2.24, 2.45) is 0 Å². The lowest BCUT2D eigenvalue weighted by atomic mass is 10.2. The van der Waals surface area contributed by atoms with Crippen LogP contribution in [0.25, 0.3) is 5.78 Å². The van der Waals surface area contributed by atoms with Crippen LogP contribution in [0.4, 0.5) is 17.2 Å². The average molecular weight is 296 g/mol. The second kappa shape index (κ2) is 5.63. The number of aryl methyl sites for hydroxylation is 1. The maximum Gasteiger partial charge on any atom is 0.254 e. The van der Waals surface area contributed by atoms with Crippen molar-refractivity contribution in [3.05, 3.63) is 42.4 Å². The van der Waals surface area contributed by atoms with Crippen molar-refractivity contribution in [3.8, 4) is 0 Å². The van der Waals surface area contributed by atoms with E-state index in [0.717, 1.165) is 17.2 Å². The third-order valence-electron chi connectivity index (χ3n) is 3.68. The fraction of sp³-hybridized carbons (Fsp3) is 0.312. The Hall–Kier alpha value is -2.63. The molecular weight excluding hydrogens is 276 g/mol. The van der Waals surface area contributed by atoms with Gasteiger partial charge in [-0.3, -0.25) is 0 Å². The summed E-state index contributed by atoms with van der Waals surface area (Å²) in [6, 6.07) is 10.7. The van der Waals surface area contributed by atoms with E-state index in [0.29, 0.717) is 11.8 Å². The average Bonchev–Trinajstić information content (AvgIpc) is 2.95. The van der Waals surface area contributed by atoms with Crippen LogP contribution in [0.5, 0.6) is 0 Å². The van der Waals surface area contributed by atoms with Crippen molar-refractivity contribution < 1.29 is 0 Å². The monoisotopic (exact) mass is 296 g/mol. The molecule has 0 aliphatic heterocycles. The van der Waals surface area contributed by atoms with Gasteiger partial charge in [0.1, 0.15) is 12.1 Å². The third-order valence-corrected chi connectivity index (χ3v) is 3.68. The molecule has 3 rings (SSSR count). The molecule has 6 heteroatoms. The van der Waals surface area contributed by atoms with Crippen LogP contribution in [0.1, 0.15) is 19.5 Å². The molecule has 2 heterocycles. The zero-order chi connectivity index (χ0) is 15.7. The number of rotatable bonds is 4. The van der Waals surface area contributed by atoms with Crippen molar-refractivity contribution in [3.63, 3.8) is 0 Å². The number of hydrogen-bond donors (Lipinski definition) is 1. The molecule has 0 fully saturated rings. The lowest BCUT2D eigenvalue weighted by Crippen LogP contribution is -2.25. The number of fused-ring (bicyclic) bond motifs is 1. The first kappa shape index (κ1) is 14.3. The number of nitrogens with one attached hydrogen (secondary N) is 1. The van der Waals surface area contributed by atoms with Crippen molar-refractivity contribution >= 4 is 23.0 Å². The Morgan fingerprint density at radius 2 is 2.05 bits per heavy atom. The Kier molecular flexibility index (Phi) is 3.66. The summed E-state index contributed by atoms with van der Waals surface area (Å²) < 4.78 is 1.70. The molecule has 0 amide bonds. The number of hydrogen-bond acceptors (Lipinski definition) is 5. The first-order valence-electron chi connectivity index (χ1n) is 7.32. The highest BCUT2D eigenvalue weighted by Crippen LogP contribution is 2.23. The van der Waals surface area contributed by atoms with Gasteiger partial charge in [0.05, 0.1) is 0 Å². The SMILES string of the molecule is Cc1cc(Nc2cccc(N(C)C(C)C)c2)n2ncnc2n1. The van der Waals surface area contributed by atoms with E-state index >= 15 is 0 Å². The molecule has 2 aromatic heterocycles. The lowest BCUT2D eigenvalue weighted by molar-refractivity contribution is 0.755. The zero-order valence-electron chi connectivity index (χ0n) is 13.3. The van der Waals surface area contributed by atoms with Gasteiger partial charge in [0.2, 0.25) is 0 Å². The van der Waals surface area contributed by atoms with Gasteiger partial charge < -0.3 is 10.2 Å². The van der Waals surface area contributed by atoms with Crippen LogP contribution >= 0.6 is 0 Å². The summed E-state index contributed by atoms with van der Waals surface area (Å²) in [4.78, 5) is 10.7. The minimum Gasteiger partial charge on any atom is -0.372 e. The Balaban J connectivity index is 1.95. The Labute approximate surface area is 129 Å². The van der Waals surface area contributed by atoms with Crippen LogP contribution in [-0.2, 0) is 0 Å². The van der Waals surface area contributed by atoms with Gasteiger partial charge in [0.15, 0.2) is 0 Å². The molecule has 0 atom stereocenters. The second-order valence-electron chi connectivity index (χ2n) is 5.63. The van der Waals surface area contributed by atoms with Crippen LogP contribution in [0.15, 0.2) is 36.7 Å². The maximum absolute atomic E-state index is 4.35. The largest absolute Gasteiger partial charge is 0.372 e. The van der Waals surface area contributed by atoms with E-state index in [1.807, 2.05) is 25.1 Å². The molecular formula is C16H20N6. The Morgan fingerprint density at radius 3 is 2.82 bits per heavy atom. The normalized spacial score (nSPS) is 11.1. The van der Waals surface area contributed by atoms with Gasteiger partial charge in [0.25, 0.3) is 5.78 Å². The van der Waals surface area contributed by atoms with E-state index in [9.17, 15) is 0 Å². The molecule has 0 bridgehead atoms. The summed E-state index contributed by atoms with van der Waals surface area (Å²) in [5, 5.41) is 7.61. The van der Waals surface area contributed by atoms with E-state index in [-0.39, 0.29) is 0 Å². The first-order chi connectivity index (χ1) is 10.5. The van der Waals surface area contributed by atoms with E-state index in [4.69, 9.17) is 0 Å². The summed E-state index contributed by atoms with van der Waals surface area (Å²) in [6.45, 7) is 6.29. The molecule has 0 unspecified atom stereocenters. The molecule has 1 N–H and O–H groups in total. The summed E-state index contributed by atoms with van der Waals surface area (Å²) in [5.41, 5.74) is 3.08. The number of benzene rings is 1. The summed E-state index contributed by atoms with van der Waals surface area (Å²) in [6.07, 6.45) is 1.51. The first-order valence-corrected chi connectivity index (χ1v) is 7.32. The molecule has 6 nitrogen and oxygen atoms in total. The maximum atomic E-state index is 4.35. The number of nitrogens with zero attached hydrogens (tertiary/aromatic N) is 5. The van der Waals surface area contributed by atoms with Crippen molar-refractivity contribution in [1.29, 1.82) is 0 Å². The Bertz CT molecular complexity index is 792. The van der Waals surface area contributed by atoms with Gasteiger partial charge in [-0.15, -0.1) is 0 Å². The third kappa shape index (κ3) is 2.72. The molecule has 0 saturated heterocycles. The number of anilines is 3. The molecule has 22 heavy (non-hydrogen) atoms. The quantitative estimate of drug-likeness (QED) is 0.802. The van der Waals surface area contributed by atoms with Crippen molar-refractivity contribution in [2.45, 2.75) is 26.8 Å². The van der Waals surface area contributed by atoms with Crippen molar-refractivity contribution in [2.75, 3.05) is 17.3 Å². The van der Waals surface area contributed by atoms with Gasteiger partial charge in [-0.05, 0) is 39.0 Å². The van der Waals surface area contributed by atoms with E-state index in [1.54, 1.807) is 4.52 Å². The summed E-state index contributed by atoms with van der Waals surface area (Å²) in [5.74, 6) is 1.45. The van der Waals surface area contributed by atoms with Crippen LogP contribution in [-0.4, -0.2) is 32.7 Å². The second-order valence-corrected chi connectivity index (χ2v) is 5.63. The van der Waals surface area contributed by atoms with Crippen LogP contribution in [0.3, 0.4) is 0 Å². The standard InChI is InChI=1S/C16H20N6/c1-11(2)21(4)14-7-5-6-13(9-14)20-15-8-12(3)19-16-17-10-18-22(15)16/h5-11,20H,1-4H3. The Morgan fingerprint density at radius 1 is 1.23 bits per heavy atom. The predicted molar refractivity (Wildman–Crippen MR) is 88.8 cm³/mol. The lowest BCUT2D eigenvalue weighted by Gasteiger charge is -2.24. The highest BCUT2D eigenvalue weighted by Gasteiger charge is 2.08. The van der Waals surface area contributed by atoms with E-state index in [1.165, 1.54) is 12.0 Å². The smallest absolute Gasteiger partial charge is 0.254 e. The van der Waals surface area contributed by atoms with Crippen molar-refractivity contribution in [1.82, 2.24) is 19.6 Å². The van der Waals surface area contributed by atoms with E-state index < -0.39 is 0 Å². The molecule has 3 aromatic rings. The molecule has 0 radical (unpaired) electrons. The summed E-state index contributed by atoms with van der Waals surface area (Å²) in [7, 11) is 2.09. The van der Waals surface area contributed by atoms with Crippen LogP contribution in [0, 0.1) is 6.92 Å². The minimum absolute atomic E-state index is 0.445. The minimum atomic E-state index is 0.445. The molecule has 1 aromatic carbocycles. The molecule has 114 valence electrons. The predicted octanol–water partition coefficient (Wildman–Crippen LogP) is 3.02. The molecule has 0 aliphatic carbocycles. The molecule has 0 spiro atoms. The topological polar surface area (TPSA) is 58.4 Å². The van der Waals surface area contributed by atoms with Gasteiger partial charge >= 0.3 is 0 Å². The van der Waals surface area contributed by atoms with Gasteiger partial charge in [-0.2, -0.15) is 14.6 Å². The van der Waals surface area contributed by atoms with Gasteiger partial charge in [0, 0.05) is 36.2 Å². The van der Waals surface area contributed by atoms with Gasteiger partial charge in [-0.1, -0.05) is 6.07 Å². The van der Waals surface area contributed by atoms with E-state index in [2.05, 4.69) is 58.3 Å². The molecule has 0 saturated carbocycles. The highest BCUT2D eigenvalue weighted by atomic mass is 15.3. The summed E-state index contributed by atoms with van der Waals surface area (Å²) >= 11 is 0.